The number of methoxy groups -OCH3 is 1. The fraction of sp³-hybridized carbons (Fsp3) is 0.273. The van der Waals surface area contributed by atoms with Crippen LogP contribution in [0.15, 0.2) is 23.4 Å². The van der Waals surface area contributed by atoms with Crippen molar-refractivity contribution in [3.05, 3.63) is 29.3 Å². The Labute approximate surface area is 92.0 Å². The molecule has 0 saturated carbocycles. The fourth-order valence-corrected chi connectivity index (χ4v) is 1.94. The van der Waals surface area contributed by atoms with Gasteiger partial charge < -0.3 is 15.1 Å². The van der Waals surface area contributed by atoms with Crippen LogP contribution in [0.3, 0.4) is 0 Å². The van der Waals surface area contributed by atoms with Gasteiger partial charge in [-0.3, -0.25) is 4.79 Å². The lowest BCUT2D eigenvalue weighted by Crippen LogP contribution is -2.08. The van der Waals surface area contributed by atoms with E-state index in [-0.39, 0.29) is 6.42 Å². The van der Waals surface area contributed by atoms with Gasteiger partial charge in [-0.1, -0.05) is 11.2 Å². The highest BCUT2D eigenvalue weighted by atomic mass is 16.5. The average molecular weight is 221 g/mol. The first-order chi connectivity index (χ1) is 7.67. The number of hydrogen-bond acceptors (Lipinski definition) is 4. The van der Waals surface area contributed by atoms with Gasteiger partial charge >= 0.3 is 5.97 Å². The quantitative estimate of drug-likeness (QED) is 0.585. The molecule has 0 radical (unpaired) electrons. The molecule has 1 aliphatic rings. The molecule has 2 N–H and O–H groups in total. The van der Waals surface area contributed by atoms with Crippen LogP contribution in [-0.2, 0) is 4.79 Å². The number of carboxylic acid groups (broad SMARTS) is 1. The monoisotopic (exact) mass is 221 g/mol. The fourth-order valence-electron chi connectivity index (χ4n) is 1.94. The van der Waals surface area contributed by atoms with E-state index in [9.17, 15) is 4.79 Å². The van der Waals surface area contributed by atoms with Gasteiger partial charge in [0.1, 0.15) is 5.75 Å². The van der Waals surface area contributed by atoms with Crippen molar-refractivity contribution in [1.29, 1.82) is 0 Å². The lowest BCUT2D eigenvalue weighted by Gasteiger charge is -2.06. The minimum Gasteiger partial charge on any atom is -0.497 e. The molecule has 16 heavy (non-hydrogen) atoms. The standard InChI is InChI=1S/C11H11NO4/c1-16-6-2-3-7-8(4-6)10(12-15)5-9(7)11(13)14/h2-4,9,15H,5H2,1H3,(H,13,14)/b12-10-. The summed E-state index contributed by atoms with van der Waals surface area (Å²) >= 11 is 0. The van der Waals surface area contributed by atoms with Gasteiger partial charge in [-0.25, -0.2) is 0 Å². The highest BCUT2D eigenvalue weighted by molar-refractivity contribution is 6.08. The van der Waals surface area contributed by atoms with Gasteiger partial charge in [-0.2, -0.15) is 0 Å². The van der Waals surface area contributed by atoms with E-state index in [0.717, 1.165) is 0 Å². The minimum absolute atomic E-state index is 0.217. The Morgan fingerprint density at radius 3 is 2.88 bits per heavy atom. The Bertz CT molecular complexity index is 467. The zero-order chi connectivity index (χ0) is 11.7. The number of fused-ring (bicyclic) bond motifs is 1. The van der Waals surface area contributed by atoms with E-state index in [1.807, 2.05) is 0 Å². The van der Waals surface area contributed by atoms with Crippen LogP contribution in [0, 0.1) is 0 Å². The van der Waals surface area contributed by atoms with Crippen molar-refractivity contribution >= 4 is 11.7 Å². The van der Waals surface area contributed by atoms with Crippen molar-refractivity contribution in [2.45, 2.75) is 12.3 Å². The van der Waals surface area contributed by atoms with Crippen molar-refractivity contribution in [2.24, 2.45) is 5.16 Å². The molecule has 0 saturated heterocycles. The van der Waals surface area contributed by atoms with Crippen LogP contribution < -0.4 is 4.74 Å². The summed E-state index contributed by atoms with van der Waals surface area (Å²) in [6.07, 6.45) is 0.217. The van der Waals surface area contributed by atoms with E-state index >= 15 is 0 Å². The first-order valence-electron chi connectivity index (χ1n) is 4.79. The normalized spacial score (nSPS) is 20.8. The molecule has 0 amide bonds. The maximum absolute atomic E-state index is 11.0. The van der Waals surface area contributed by atoms with Gasteiger partial charge in [0.2, 0.25) is 0 Å². The topological polar surface area (TPSA) is 79.1 Å². The molecule has 1 unspecified atom stereocenters. The SMILES string of the molecule is COc1ccc2c(c1)/C(=N\O)CC2C(=O)O. The summed E-state index contributed by atoms with van der Waals surface area (Å²) in [6, 6.07) is 5.09. The summed E-state index contributed by atoms with van der Waals surface area (Å²) in [6.45, 7) is 0. The van der Waals surface area contributed by atoms with Crippen LogP contribution in [-0.4, -0.2) is 29.1 Å². The highest BCUT2D eigenvalue weighted by Gasteiger charge is 2.33. The lowest BCUT2D eigenvalue weighted by atomic mass is 10.0. The molecule has 1 aliphatic carbocycles. The maximum atomic E-state index is 11.0. The second-order valence-corrected chi connectivity index (χ2v) is 3.59. The summed E-state index contributed by atoms with van der Waals surface area (Å²) in [7, 11) is 1.53. The minimum atomic E-state index is -0.912. The molecule has 0 heterocycles. The molecule has 0 spiro atoms. The van der Waals surface area contributed by atoms with Crippen molar-refractivity contribution in [3.63, 3.8) is 0 Å². The van der Waals surface area contributed by atoms with E-state index in [4.69, 9.17) is 15.1 Å². The Morgan fingerprint density at radius 2 is 2.31 bits per heavy atom. The third-order valence-corrected chi connectivity index (χ3v) is 2.76. The van der Waals surface area contributed by atoms with Gasteiger partial charge in [0, 0.05) is 12.0 Å². The molecule has 2 rings (SSSR count). The summed E-state index contributed by atoms with van der Waals surface area (Å²) in [4.78, 5) is 11.0. The van der Waals surface area contributed by atoms with Gasteiger partial charge in [-0.15, -0.1) is 0 Å². The third-order valence-electron chi connectivity index (χ3n) is 2.76. The molecule has 0 fully saturated rings. The van der Waals surface area contributed by atoms with E-state index in [1.165, 1.54) is 7.11 Å². The van der Waals surface area contributed by atoms with Gasteiger partial charge in [0.25, 0.3) is 0 Å². The third kappa shape index (κ3) is 1.50. The van der Waals surface area contributed by atoms with Crippen molar-refractivity contribution in [2.75, 3.05) is 7.11 Å². The number of hydrogen-bond donors (Lipinski definition) is 2. The predicted octanol–water partition coefficient (Wildman–Crippen LogP) is 1.45. The van der Waals surface area contributed by atoms with E-state index in [2.05, 4.69) is 5.16 Å². The Morgan fingerprint density at radius 1 is 1.56 bits per heavy atom. The molecule has 1 aromatic rings. The molecule has 5 heteroatoms. The van der Waals surface area contributed by atoms with Gasteiger partial charge in [-0.05, 0) is 17.7 Å². The highest BCUT2D eigenvalue weighted by Crippen LogP contribution is 2.35. The molecular weight excluding hydrogens is 210 g/mol. The summed E-state index contributed by atoms with van der Waals surface area (Å²) in [5.41, 5.74) is 1.71. The summed E-state index contributed by atoms with van der Waals surface area (Å²) < 4.78 is 5.04. The molecule has 0 bridgehead atoms. The summed E-state index contributed by atoms with van der Waals surface area (Å²) in [5.74, 6) is -0.928. The number of carbonyl (C=O) groups is 1. The van der Waals surface area contributed by atoms with E-state index < -0.39 is 11.9 Å². The molecule has 5 nitrogen and oxygen atoms in total. The second kappa shape index (κ2) is 3.84. The predicted molar refractivity (Wildman–Crippen MR) is 56.3 cm³/mol. The Hall–Kier alpha value is -2.04. The van der Waals surface area contributed by atoms with Gasteiger partial charge in [0.05, 0.1) is 18.7 Å². The van der Waals surface area contributed by atoms with Gasteiger partial charge in [0.15, 0.2) is 0 Å². The Kier molecular flexibility index (Phi) is 2.52. The first kappa shape index (κ1) is 10.5. The van der Waals surface area contributed by atoms with Crippen LogP contribution in [0.25, 0.3) is 0 Å². The second-order valence-electron chi connectivity index (χ2n) is 3.59. The van der Waals surface area contributed by atoms with Crippen LogP contribution in [0.1, 0.15) is 23.5 Å². The number of oxime groups is 1. The van der Waals surface area contributed by atoms with Crippen molar-refractivity contribution in [3.8, 4) is 5.75 Å². The van der Waals surface area contributed by atoms with Crippen molar-refractivity contribution in [1.82, 2.24) is 0 Å². The number of rotatable bonds is 2. The first-order valence-corrected chi connectivity index (χ1v) is 4.79. The number of carboxylic acids is 1. The zero-order valence-electron chi connectivity index (χ0n) is 8.67. The average Bonchev–Trinajstić information content (AvgIpc) is 2.66. The molecule has 1 aromatic carbocycles. The number of nitrogens with zero attached hydrogens (tertiary/aromatic N) is 1. The largest absolute Gasteiger partial charge is 0.497 e. The number of aliphatic carboxylic acids is 1. The van der Waals surface area contributed by atoms with Crippen molar-refractivity contribution < 1.29 is 19.8 Å². The molecule has 1 atom stereocenters. The molecule has 84 valence electrons. The van der Waals surface area contributed by atoms with E-state index in [0.29, 0.717) is 22.6 Å². The zero-order valence-corrected chi connectivity index (χ0v) is 8.67. The van der Waals surface area contributed by atoms with E-state index in [1.54, 1.807) is 18.2 Å². The molecular formula is C11H11NO4. The van der Waals surface area contributed by atoms with Crippen LogP contribution in [0.4, 0.5) is 0 Å². The number of ether oxygens (including phenoxy) is 1. The number of benzene rings is 1. The molecule has 0 aliphatic heterocycles. The smallest absolute Gasteiger partial charge is 0.311 e. The summed E-state index contributed by atoms with van der Waals surface area (Å²) in [5, 5.41) is 21.0. The lowest BCUT2D eigenvalue weighted by molar-refractivity contribution is -0.138. The molecule has 0 aromatic heterocycles. The maximum Gasteiger partial charge on any atom is 0.311 e. The van der Waals surface area contributed by atoms with Crippen LogP contribution in [0.5, 0.6) is 5.75 Å². The van der Waals surface area contributed by atoms with Crippen LogP contribution in [0.2, 0.25) is 0 Å². The van der Waals surface area contributed by atoms with Crippen LogP contribution >= 0.6 is 0 Å². The Balaban J connectivity index is 2.53.